The van der Waals surface area contributed by atoms with Gasteiger partial charge in [-0.1, -0.05) is 35.3 Å². The molecule has 1 aliphatic rings. The van der Waals surface area contributed by atoms with Crippen molar-refractivity contribution in [3.8, 4) is 5.75 Å². The van der Waals surface area contributed by atoms with Gasteiger partial charge < -0.3 is 14.5 Å². The highest BCUT2D eigenvalue weighted by molar-refractivity contribution is 6.53. The summed E-state index contributed by atoms with van der Waals surface area (Å²) in [5.74, 6) is 0.510. The molecule has 2 amide bonds. The van der Waals surface area contributed by atoms with Gasteiger partial charge in [0.25, 0.3) is 5.91 Å². The number of hydrogen-bond acceptors (Lipinski definition) is 3. The number of rotatable bonds is 4. The van der Waals surface area contributed by atoms with Crippen LogP contribution in [0.4, 0.5) is 0 Å². The summed E-state index contributed by atoms with van der Waals surface area (Å²) in [5.41, 5.74) is 0.936. The van der Waals surface area contributed by atoms with Crippen LogP contribution >= 0.6 is 23.2 Å². The topological polar surface area (TPSA) is 49.9 Å². The molecule has 120 valence electrons. The maximum atomic E-state index is 12.3. The third-order valence-corrected chi connectivity index (χ3v) is 4.02. The molecule has 1 aromatic rings. The van der Waals surface area contributed by atoms with Crippen molar-refractivity contribution in [2.24, 2.45) is 0 Å². The molecule has 0 aromatic heterocycles. The molecular formula is C15H18Cl2N2O3. The van der Waals surface area contributed by atoms with Gasteiger partial charge in [0.15, 0.2) is 4.84 Å². The van der Waals surface area contributed by atoms with Gasteiger partial charge in [-0.05, 0) is 17.7 Å². The van der Waals surface area contributed by atoms with Crippen LogP contribution in [0, 0.1) is 0 Å². The van der Waals surface area contributed by atoms with Crippen molar-refractivity contribution in [2.75, 3.05) is 33.3 Å². The molecule has 1 aromatic carbocycles. The Balaban J connectivity index is 1.85. The number of benzene rings is 1. The van der Waals surface area contributed by atoms with Gasteiger partial charge in [-0.2, -0.15) is 0 Å². The lowest BCUT2D eigenvalue weighted by molar-refractivity contribution is -0.138. The third kappa shape index (κ3) is 4.27. The molecule has 0 bridgehead atoms. The molecule has 5 nitrogen and oxygen atoms in total. The molecule has 0 spiro atoms. The Morgan fingerprint density at radius 1 is 1.09 bits per heavy atom. The number of amides is 2. The smallest absolute Gasteiger partial charge is 0.255 e. The summed E-state index contributed by atoms with van der Waals surface area (Å²) in [7, 11) is 1.60. The van der Waals surface area contributed by atoms with Crippen LogP contribution in [0.15, 0.2) is 24.3 Å². The van der Waals surface area contributed by atoms with Gasteiger partial charge in [0.1, 0.15) is 5.75 Å². The number of alkyl halides is 2. The number of methoxy groups -OCH3 is 1. The summed E-state index contributed by atoms with van der Waals surface area (Å²) in [5, 5.41) is 0. The average molecular weight is 345 g/mol. The van der Waals surface area contributed by atoms with Gasteiger partial charge in [0, 0.05) is 26.2 Å². The van der Waals surface area contributed by atoms with Crippen molar-refractivity contribution < 1.29 is 14.3 Å². The van der Waals surface area contributed by atoms with Crippen molar-refractivity contribution in [1.29, 1.82) is 0 Å². The predicted octanol–water partition coefficient (Wildman–Crippen LogP) is 1.71. The highest BCUT2D eigenvalue weighted by Crippen LogP contribution is 2.14. The van der Waals surface area contributed by atoms with Gasteiger partial charge in [-0.25, -0.2) is 0 Å². The lowest BCUT2D eigenvalue weighted by atomic mass is 10.1. The van der Waals surface area contributed by atoms with Gasteiger partial charge >= 0.3 is 0 Å². The van der Waals surface area contributed by atoms with Crippen molar-refractivity contribution in [3.05, 3.63) is 29.8 Å². The van der Waals surface area contributed by atoms with E-state index in [1.165, 1.54) is 0 Å². The summed E-state index contributed by atoms with van der Waals surface area (Å²) in [6.07, 6.45) is 0.339. The first kappa shape index (κ1) is 16.9. The second-order valence-corrected chi connectivity index (χ2v) is 6.13. The van der Waals surface area contributed by atoms with E-state index >= 15 is 0 Å². The fourth-order valence-electron chi connectivity index (χ4n) is 2.34. The Morgan fingerprint density at radius 2 is 1.64 bits per heavy atom. The Bertz CT molecular complexity index is 526. The summed E-state index contributed by atoms with van der Waals surface area (Å²) in [6, 6.07) is 7.42. The first-order valence-corrected chi connectivity index (χ1v) is 7.86. The number of ether oxygens (including phenoxy) is 1. The van der Waals surface area contributed by atoms with Crippen LogP contribution in [-0.2, 0) is 16.0 Å². The van der Waals surface area contributed by atoms with E-state index in [4.69, 9.17) is 27.9 Å². The fourth-order valence-corrected chi connectivity index (χ4v) is 2.62. The van der Waals surface area contributed by atoms with Crippen LogP contribution in [0.3, 0.4) is 0 Å². The zero-order chi connectivity index (χ0) is 16.1. The monoisotopic (exact) mass is 344 g/mol. The van der Waals surface area contributed by atoms with E-state index in [1.54, 1.807) is 16.9 Å². The minimum atomic E-state index is -1.04. The SMILES string of the molecule is COc1ccc(CC(=O)N2CCN(C(=O)C(Cl)Cl)CC2)cc1. The Labute approximate surface area is 139 Å². The number of halogens is 2. The first-order chi connectivity index (χ1) is 10.5. The molecule has 1 heterocycles. The van der Waals surface area contributed by atoms with Crippen LogP contribution in [-0.4, -0.2) is 59.7 Å². The van der Waals surface area contributed by atoms with Gasteiger partial charge in [0.2, 0.25) is 5.91 Å². The van der Waals surface area contributed by atoms with E-state index in [1.807, 2.05) is 24.3 Å². The maximum Gasteiger partial charge on any atom is 0.255 e. The molecule has 0 radical (unpaired) electrons. The number of carbonyl (C=O) groups is 2. The number of hydrogen-bond donors (Lipinski definition) is 0. The van der Waals surface area contributed by atoms with Crippen LogP contribution in [0.2, 0.25) is 0 Å². The van der Waals surface area contributed by atoms with Crippen LogP contribution in [0.5, 0.6) is 5.75 Å². The number of carbonyl (C=O) groups excluding carboxylic acids is 2. The molecule has 0 saturated carbocycles. The number of piperazine rings is 1. The lowest BCUT2D eigenvalue weighted by Crippen LogP contribution is -2.52. The zero-order valence-electron chi connectivity index (χ0n) is 12.3. The molecule has 0 unspecified atom stereocenters. The Morgan fingerprint density at radius 3 is 2.14 bits per heavy atom. The molecule has 1 aliphatic heterocycles. The van der Waals surface area contributed by atoms with Gasteiger partial charge in [-0.3, -0.25) is 9.59 Å². The lowest BCUT2D eigenvalue weighted by Gasteiger charge is -2.35. The Hall–Kier alpha value is -1.46. The largest absolute Gasteiger partial charge is 0.497 e. The molecule has 7 heteroatoms. The highest BCUT2D eigenvalue weighted by Gasteiger charge is 2.26. The summed E-state index contributed by atoms with van der Waals surface area (Å²) >= 11 is 11.2. The summed E-state index contributed by atoms with van der Waals surface area (Å²) in [6.45, 7) is 1.93. The quantitative estimate of drug-likeness (QED) is 0.781. The second-order valence-electron chi connectivity index (χ2n) is 5.03. The summed E-state index contributed by atoms with van der Waals surface area (Å²) in [4.78, 5) is 26.2. The van der Waals surface area contributed by atoms with Crippen molar-refractivity contribution in [1.82, 2.24) is 9.80 Å². The Kier molecular flexibility index (Phi) is 5.91. The van der Waals surface area contributed by atoms with Gasteiger partial charge in [-0.15, -0.1) is 0 Å². The van der Waals surface area contributed by atoms with Crippen LogP contribution in [0.25, 0.3) is 0 Å². The molecule has 2 rings (SSSR count). The zero-order valence-corrected chi connectivity index (χ0v) is 13.8. The predicted molar refractivity (Wildman–Crippen MR) is 85.4 cm³/mol. The fraction of sp³-hybridized carbons (Fsp3) is 0.467. The van der Waals surface area contributed by atoms with Crippen LogP contribution in [0.1, 0.15) is 5.56 Å². The molecule has 0 atom stereocenters. The van der Waals surface area contributed by atoms with E-state index in [0.717, 1.165) is 11.3 Å². The van der Waals surface area contributed by atoms with Crippen molar-refractivity contribution in [3.63, 3.8) is 0 Å². The minimum Gasteiger partial charge on any atom is -0.497 e. The molecule has 0 aliphatic carbocycles. The number of nitrogens with zero attached hydrogens (tertiary/aromatic N) is 2. The van der Waals surface area contributed by atoms with E-state index in [0.29, 0.717) is 32.6 Å². The maximum absolute atomic E-state index is 12.3. The van der Waals surface area contributed by atoms with E-state index in [-0.39, 0.29) is 11.8 Å². The highest BCUT2D eigenvalue weighted by atomic mass is 35.5. The van der Waals surface area contributed by atoms with Gasteiger partial charge in [0.05, 0.1) is 13.5 Å². The van der Waals surface area contributed by atoms with Crippen LogP contribution < -0.4 is 4.74 Å². The van der Waals surface area contributed by atoms with Crippen molar-refractivity contribution in [2.45, 2.75) is 11.3 Å². The molecule has 0 N–H and O–H groups in total. The van der Waals surface area contributed by atoms with E-state index < -0.39 is 4.84 Å². The molecule has 1 saturated heterocycles. The normalized spacial score (nSPS) is 15.1. The third-order valence-electron chi connectivity index (χ3n) is 3.65. The standard InChI is InChI=1S/C15H18Cl2N2O3/c1-22-12-4-2-11(3-5-12)10-13(20)18-6-8-19(9-7-18)15(21)14(16)17/h2-5,14H,6-10H2,1H3. The van der Waals surface area contributed by atoms with E-state index in [2.05, 4.69) is 0 Å². The minimum absolute atomic E-state index is 0.0468. The molecule has 22 heavy (non-hydrogen) atoms. The summed E-state index contributed by atoms with van der Waals surface area (Å²) < 4.78 is 5.09. The van der Waals surface area contributed by atoms with Crippen molar-refractivity contribution >= 4 is 35.0 Å². The molecular weight excluding hydrogens is 327 g/mol. The first-order valence-electron chi connectivity index (χ1n) is 6.99. The molecule has 1 fully saturated rings. The van der Waals surface area contributed by atoms with E-state index in [9.17, 15) is 9.59 Å². The second kappa shape index (κ2) is 7.70. The average Bonchev–Trinajstić information content (AvgIpc) is 2.55.